The van der Waals surface area contributed by atoms with E-state index in [4.69, 9.17) is 11.6 Å². The predicted molar refractivity (Wildman–Crippen MR) is 104 cm³/mol. The zero-order valence-electron chi connectivity index (χ0n) is 14.0. The molecule has 140 valence electrons. The van der Waals surface area contributed by atoms with Gasteiger partial charge < -0.3 is 0 Å². The molecule has 0 saturated carbocycles. The average Bonchev–Trinajstić information content (AvgIpc) is 3.08. The molecule has 3 rings (SSSR count). The van der Waals surface area contributed by atoms with Gasteiger partial charge in [-0.1, -0.05) is 23.4 Å². The summed E-state index contributed by atoms with van der Waals surface area (Å²) >= 11 is 7.08. The summed E-state index contributed by atoms with van der Waals surface area (Å²) in [6, 6.07) is 13.2. The Hall–Kier alpha value is -2.43. The van der Waals surface area contributed by atoms with Crippen molar-refractivity contribution < 1.29 is 13.2 Å². The molecule has 0 bridgehead atoms. The van der Waals surface area contributed by atoms with Gasteiger partial charge in [-0.25, -0.2) is 8.42 Å². The zero-order valence-corrected chi connectivity index (χ0v) is 16.4. The molecule has 0 aliphatic carbocycles. The minimum Gasteiger partial charge on any atom is -0.293 e. The van der Waals surface area contributed by atoms with Crippen LogP contribution in [0.15, 0.2) is 53.7 Å². The number of hydrogen-bond acceptors (Lipinski definition) is 7. The minimum atomic E-state index is -3.36. The highest BCUT2D eigenvalue weighted by atomic mass is 35.5. The lowest BCUT2D eigenvalue weighted by molar-refractivity contribution is 0.102. The summed E-state index contributed by atoms with van der Waals surface area (Å²) < 4.78 is 26.3. The lowest BCUT2D eigenvalue weighted by Crippen LogP contribution is -2.10. The van der Waals surface area contributed by atoms with Crippen LogP contribution < -0.4 is 4.72 Å². The highest BCUT2D eigenvalue weighted by molar-refractivity contribution is 7.99. The molecule has 8 nitrogen and oxygen atoms in total. The molecule has 0 radical (unpaired) electrons. The van der Waals surface area contributed by atoms with E-state index in [1.54, 1.807) is 36.4 Å². The monoisotopic (exact) mass is 423 g/mol. The lowest BCUT2D eigenvalue weighted by atomic mass is 10.1. The predicted octanol–water partition coefficient (Wildman–Crippen LogP) is 2.66. The third kappa shape index (κ3) is 5.28. The number of anilines is 1. The first kappa shape index (κ1) is 19.3. The second-order valence-electron chi connectivity index (χ2n) is 5.51. The number of ketones is 1. The summed E-state index contributed by atoms with van der Waals surface area (Å²) in [6.45, 7) is 0. The first-order valence-corrected chi connectivity index (χ1v) is 10.9. The van der Waals surface area contributed by atoms with Crippen LogP contribution in [0.4, 0.5) is 5.69 Å². The van der Waals surface area contributed by atoms with E-state index in [1.165, 1.54) is 28.6 Å². The van der Waals surface area contributed by atoms with Gasteiger partial charge in [-0.15, -0.1) is 5.10 Å². The van der Waals surface area contributed by atoms with Gasteiger partial charge in [-0.2, -0.15) is 4.68 Å². The maximum absolute atomic E-state index is 12.4. The molecule has 1 heterocycles. The van der Waals surface area contributed by atoms with E-state index in [0.29, 0.717) is 21.4 Å². The van der Waals surface area contributed by atoms with Crippen LogP contribution in [0, 0.1) is 0 Å². The van der Waals surface area contributed by atoms with Crippen molar-refractivity contribution in [2.45, 2.75) is 5.16 Å². The maximum Gasteiger partial charge on any atom is 0.229 e. The number of aromatic nitrogens is 4. The number of rotatable bonds is 7. The van der Waals surface area contributed by atoms with Gasteiger partial charge in [0.05, 0.1) is 17.7 Å². The van der Waals surface area contributed by atoms with Crippen molar-refractivity contribution in [1.82, 2.24) is 20.2 Å². The van der Waals surface area contributed by atoms with Crippen molar-refractivity contribution in [3.8, 4) is 5.69 Å². The highest BCUT2D eigenvalue weighted by Crippen LogP contribution is 2.21. The van der Waals surface area contributed by atoms with Crippen molar-refractivity contribution in [2.75, 3.05) is 16.7 Å². The van der Waals surface area contributed by atoms with Gasteiger partial charge >= 0.3 is 0 Å². The molecule has 0 atom stereocenters. The Labute approximate surface area is 165 Å². The van der Waals surface area contributed by atoms with Gasteiger partial charge in [0, 0.05) is 16.3 Å². The number of benzene rings is 2. The second-order valence-corrected chi connectivity index (χ2v) is 8.64. The molecule has 3 aromatic rings. The first-order chi connectivity index (χ1) is 12.8. The quantitative estimate of drug-likeness (QED) is 0.459. The smallest absolute Gasteiger partial charge is 0.229 e. The van der Waals surface area contributed by atoms with Crippen molar-refractivity contribution >= 4 is 44.9 Å². The Kier molecular flexibility index (Phi) is 5.78. The molecule has 1 N–H and O–H groups in total. The van der Waals surface area contributed by atoms with Crippen molar-refractivity contribution in [3.05, 3.63) is 59.1 Å². The van der Waals surface area contributed by atoms with Crippen LogP contribution in [0.5, 0.6) is 0 Å². The van der Waals surface area contributed by atoms with E-state index in [-0.39, 0.29) is 11.5 Å². The third-order valence-corrected chi connectivity index (χ3v) is 5.13. The number of carbonyl (C=O) groups excluding carboxylic acids is 1. The number of halogens is 1. The number of thioether (sulfide) groups is 1. The van der Waals surface area contributed by atoms with Gasteiger partial charge in [0.25, 0.3) is 0 Å². The number of nitrogens with zero attached hydrogens (tertiary/aromatic N) is 4. The molecule has 0 aliphatic rings. The van der Waals surface area contributed by atoms with Crippen LogP contribution >= 0.6 is 23.4 Å². The Balaban J connectivity index is 1.66. The second kappa shape index (κ2) is 8.07. The van der Waals surface area contributed by atoms with E-state index in [2.05, 4.69) is 20.2 Å². The Bertz CT molecular complexity index is 1050. The summed E-state index contributed by atoms with van der Waals surface area (Å²) in [5.74, 6) is 0.00358. The molecule has 11 heteroatoms. The largest absolute Gasteiger partial charge is 0.293 e. The molecule has 27 heavy (non-hydrogen) atoms. The summed E-state index contributed by atoms with van der Waals surface area (Å²) in [5, 5.41) is 12.6. The van der Waals surface area contributed by atoms with E-state index in [1.807, 2.05) is 0 Å². The molecular formula is C16H14ClN5O3S2. The number of sulfonamides is 1. The van der Waals surface area contributed by atoms with Crippen LogP contribution in [0.3, 0.4) is 0 Å². The van der Waals surface area contributed by atoms with Gasteiger partial charge in [0.1, 0.15) is 0 Å². The molecule has 0 aliphatic heterocycles. The molecule has 2 aromatic carbocycles. The SMILES string of the molecule is CS(=O)(=O)Nc1ccc(C(=O)CSc2nnnn2-c2ccc(Cl)cc2)cc1. The van der Waals surface area contributed by atoms with E-state index >= 15 is 0 Å². The maximum atomic E-state index is 12.4. The molecule has 0 fully saturated rings. The molecule has 1 aromatic heterocycles. The van der Waals surface area contributed by atoms with E-state index in [0.717, 1.165) is 11.9 Å². The van der Waals surface area contributed by atoms with Crippen LogP contribution in [0.25, 0.3) is 5.69 Å². The normalized spacial score (nSPS) is 11.3. The van der Waals surface area contributed by atoms with Crippen LogP contribution in [-0.2, 0) is 10.0 Å². The zero-order chi connectivity index (χ0) is 19.4. The van der Waals surface area contributed by atoms with Crippen molar-refractivity contribution in [3.63, 3.8) is 0 Å². The van der Waals surface area contributed by atoms with Gasteiger partial charge in [-0.05, 0) is 59.0 Å². The molecule has 0 amide bonds. The number of nitrogens with one attached hydrogen (secondary N) is 1. The fraction of sp³-hybridized carbons (Fsp3) is 0.125. The summed E-state index contributed by atoms with van der Waals surface area (Å²) in [7, 11) is -3.36. The van der Waals surface area contributed by atoms with E-state index < -0.39 is 10.0 Å². The summed E-state index contributed by atoms with van der Waals surface area (Å²) in [5.41, 5.74) is 1.59. The standard InChI is InChI=1S/C16H14ClN5O3S2/c1-27(24,25)19-13-6-2-11(3-7-13)15(23)10-26-16-18-20-21-22(16)14-8-4-12(17)5-9-14/h2-9,19H,10H2,1H3. The number of carbonyl (C=O) groups is 1. The molecular weight excluding hydrogens is 410 g/mol. The Morgan fingerprint density at radius 2 is 1.81 bits per heavy atom. The van der Waals surface area contributed by atoms with Gasteiger partial charge in [0.2, 0.25) is 15.2 Å². The molecule has 0 unspecified atom stereocenters. The fourth-order valence-corrected chi connectivity index (χ4v) is 3.64. The number of hydrogen-bond donors (Lipinski definition) is 1. The highest BCUT2D eigenvalue weighted by Gasteiger charge is 2.13. The van der Waals surface area contributed by atoms with Gasteiger partial charge in [-0.3, -0.25) is 9.52 Å². The van der Waals surface area contributed by atoms with Crippen LogP contribution in [-0.4, -0.2) is 46.4 Å². The Morgan fingerprint density at radius 3 is 2.44 bits per heavy atom. The van der Waals surface area contributed by atoms with E-state index in [9.17, 15) is 13.2 Å². The topological polar surface area (TPSA) is 107 Å². The van der Waals surface area contributed by atoms with Crippen molar-refractivity contribution in [1.29, 1.82) is 0 Å². The average molecular weight is 424 g/mol. The molecule has 0 spiro atoms. The molecule has 0 saturated heterocycles. The van der Waals surface area contributed by atoms with Crippen LogP contribution in [0.2, 0.25) is 5.02 Å². The van der Waals surface area contributed by atoms with Crippen LogP contribution in [0.1, 0.15) is 10.4 Å². The summed E-state index contributed by atoms with van der Waals surface area (Å²) in [6.07, 6.45) is 1.06. The first-order valence-electron chi connectivity index (χ1n) is 7.60. The summed E-state index contributed by atoms with van der Waals surface area (Å²) in [4.78, 5) is 12.4. The Morgan fingerprint density at radius 1 is 1.15 bits per heavy atom. The fourth-order valence-electron chi connectivity index (χ4n) is 2.16. The van der Waals surface area contributed by atoms with Gasteiger partial charge in [0.15, 0.2) is 5.78 Å². The van der Waals surface area contributed by atoms with Crippen molar-refractivity contribution in [2.24, 2.45) is 0 Å². The minimum absolute atomic E-state index is 0.128. The number of tetrazole rings is 1. The third-order valence-electron chi connectivity index (χ3n) is 3.35. The number of Topliss-reactive ketones (excluding diaryl/α,β-unsaturated/α-hetero) is 1. The lowest BCUT2D eigenvalue weighted by Gasteiger charge is -2.06.